The summed E-state index contributed by atoms with van der Waals surface area (Å²) in [5, 5.41) is 1.56. The molecule has 3 N–H and O–H groups in total. The van der Waals surface area contributed by atoms with Crippen LogP contribution < -0.4 is 11.1 Å². The molecule has 0 aliphatic heterocycles. The number of primary amides is 1. The van der Waals surface area contributed by atoms with Gasteiger partial charge in [-0.15, -0.1) is 0 Å². The summed E-state index contributed by atoms with van der Waals surface area (Å²) < 4.78 is 48.1. The number of carbonyl (C=O) groups excluding carboxylic acids is 2. The van der Waals surface area contributed by atoms with Gasteiger partial charge in [-0.1, -0.05) is 0 Å². The van der Waals surface area contributed by atoms with E-state index in [1.54, 1.807) is 5.32 Å². The lowest BCUT2D eigenvalue weighted by molar-refractivity contribution is -0.170. The number of nitrogens with one attached hydrogen (secondary N) is 1. The first-order chi connectivity index (χ1) is 6.67. The van der Waals surface area contributed by atoms with Gasteiger partial charge in [0.1, 0.15) is 0 Å². The zero-order chi connectivity index (χ0) is 12.2. The van der Waals surface area contributed by atoms with Crippen LogP contribution in [0.3, 0.4) is 0 Å². The number of rotatable bonds is 5. The summed E-state index contributed by atoms with van der Waals surface area (Å²) >= 11 is 0. The van der Waals surface area contributed by atoms with Gasteiger partial charge in [-0.2, -0.15) is 8.78 Å². The van der Waals surface area contributed by atoms with E-state index in [0.717, 1.165) is 0 Å². The van der Waals surface area contributed by atoms with Crippen LogP contribution in [0.25, 0.3) is 0 Å². The predicted octanol–water partition coefficient (Wildman–Crippen LogP) is 0.267. The number of alkyl halides is 4. The van der Waals surface area contributed by atoms with Gasteiger partial charge in [0.05, 0.1) is 0 Å². The summed E-state index contributed by atoms with van der Waals surface area (Å²) in [6.45, 7) is 1.20. The van der Waals surface area contributed by atoms with E-state index in [1.165, 1.54) is 6.92 Å². The van der Waals surface area contributed by atoms with Gasteiger partial charge in [-0.05, 0) is 6.92 Å². The Balaban J connectivity index is 4.30. The molecule has 0 heterocycles. The fraction of sp³-hybridized carbons (Fsp3) is 0.714. The lowest BCUT2D eigenvalue weighted by Crippen LogP contribution is -2.48. The van der Waals surface area contributed by atoms with E-state index in [9.17, 15) is 27.2 Å². The van der Waals surface area contributed by atoms with Gasteiger partial charge in [-0.3, -0.25) is 9.59 Å². The van der Waals surface area contributed by atoms with Crippen molar-refractivity contribution in [3.8, 4) is 0 Å². The van der Waals surface area contributed by atoms with Crippen LogP contribution in [0.5, 0.6) is 0 Å². The summed E-state index contributed by atoms with van der Waals surface area (Å²) in [5.74, 6) is -7.71. The first-order valence-corrected chi connectivity index (χ1v) is 3.93. The number of carbonyl (C=O) groups is 2. The zero-order valence-corrected chi connectivity index (χ0v) is 7.77. The fourth-order valence-electron chi connectivity index (χ4n) is 0.772. The molecule has 0 radical (unpaired) electrons. The Labute approximate surface area is 82.8 Å². The van der Waals surface area contributed by atoms with Crippen LogP contribution >= 0.6 is 0 Å². The van der Waals surface area contributed by atoms with Crippen molar-refractivity contribution in [1.29, 1.82) is 0 Å². The smallest absolute Gasteiger partial charge is 0.370 e. The molecule has 88 valence electrons. The van der Waals surface area contributed by atoms with Crippen molar-refractivity contribution in [1.82, 2.24) is 5.32 Å². The molecule has 1 atom stereocenters. The average Bonchev–Trinajstić information content (AvgIpc) is 2.01. The van der Waals surface area contributed by atoms with Gasteiger partial charge in [-0.25, -0.2) is 8.78 Å². The molecule has 0 fully saturated rings. The third kappa shape index (κ3) is 4.13. The topological polar surface area (TPSA) is 72.2 Å². The molecule has 4 nitrogen and oxygen atoms in total. The third-order valence-corrected chi connectivity index (χ3v) is 1.46. The quantitative estimate of drug-likeness (QED) is 0.665. The van der Waals surface area contributed by atoms with Crippen LogP contribution in [0.2, 0.25) is 0 Å². The maximum Gasteiger partial charge on any atom is 0.383 e. The normalized spacial score (nSPS) is 13.7. The highest BCUT2D eigenvalue weighted by atomic mass is 19.3. The van der Waals surface area contributed by atoms with Crippen LogP contribution in [0, 0.1) is 0 Å². The Morgan fingerprint density at radius 2 is 1.87 bits per heavy atom. The van der Waals surface area contributed by atoms with Crippen molar-refractivity contribution in [2.24, 2.45) is 5.73 Å². The highest BCUT2D eigenvalue weighted by Gasteiger charge is 2.49. The first-order valence-electron chi connectivity index (χ1n) is 3.93. The molecule has 15 heavy (non-hydrogen) atoms. The Hall–Kier alpha value is -1.34. The molecule has 0 aliphatic rings. The van der Waals surface area contributed by atoms with Crippen LogP contribution in [0.15, 0.2) is 0 Å². The lowest BCUT2D eigenvalue weighted by Gasteiger charge is -2.18. The van der Waals surface area contributed by atoms with Crippen molar-refractivity contribution in [2.75, 3.05) is 0 Å². The second kappa shape index (κ2) is 4.94. The second-order valence-electron chi connectivity index (χ2n) is 2.97. The second-order valence-corrected chi connectivity index (χ2v) is 2.97. The lowest BCUT2D eigenvalue weighted by atomic mass is 10.2. The fourth-order valence-corrected chi connectivity index (χ4v) is 0.772. The van der Waals surface area contributed by atoms with Crippen molar-refractivity contribution in [3.05, 3.63) is 0 Å². The summed E-state index contributed by atoms with van der Waals surface area (Å²) in [6, 6.07) is -1.01. The molecule has 2 amide bonds. The molecule has 0 aromatic carbocycles. The van der Waals surface area contributed by atoms with E-state index < -0.39 is 36.6 Å². The van der Waals surface area contributed by atoms with Crippen molar-refractivity contribution in [2.45, 2.75) is 31.7 Å². The van der Waals surface area contributed by atoms with E-state index in [-0.39, 0.29) is 0 Å². The maximum absolute atomic E-state index is 12.4. The molecule has 0 spiro atoms. The van der Waals surface area contributed by atoms with Crippen molar-refractivity contribution >= 4 is 11.8 Å². The molecule has 0 aliphatic carbocycles. The summed E-state index contributed by atoms with van der Waals surface area (Å²) in [5.41, 5.74) is 4.71. The Kier molecular flexibility index (Phi) is 4.50. The van der Waals surface area contributed by atoms with E-state index in [0.29, 0.717) is 0 Å². The molecule has 8 heteroatoms. The Bertz CT molecular complexity index is 257. The minimum atomic E-state index is -4.76. The number of nitrogens with two attached hydrogens (primary N) is 1. The highest BCUT2D eigenvalue weighted by molar-refractivity contribution is 5.84. The molecule has 0 bridgehead atoms. The van der Waals surface area contributed by atoms with E-state index in [2.05, 4.69) is 0 Å². The first kappa shape index (κ1) is 13.7. The molecular weight excluding hydrogens is 220 g/mol. The van der Waals surface area contributed by atoms with Gasteiger partial charge < -0.3 is 11.1 Å². The minimum absolute atomic E-state index is 0.398. The summed E-state index contributed by atoms with van der Waals surface area (Å²) in [7, 11) is 0. The van der Waals surface area contributed by atoms with Crippen LogP contribution in [0.4, 0.5) is 17.6 Å². The van der Waals surface area contributed by atoms with Gasteiger partial charge in [0.2, 0.25) is 5.91 Å². The number of hydrogen-bond acceptors (Lipinski definition) is 2. The van der Waals surface area contributed by atoms with Gasteiger partial charge in [0, 0.05) is 12.5 Å². The van der Waals surface area contributed by atoms with Gasteiger partial charge in [0.25, 0.3) is 5.91 Å². The summed E-state index contributed by atoms with van der Waals surface area (Å²) in [4.78, 5) is 20.9. The zero-order valence-electron chi connectivity index (χ0n) is 7.77. The largest absolute Gasteiger partial charge is 0.383 e. The SMILES string of the molecule is CC(CC(N)=O)NC(=O)C(F)(F)C(F)F. The van der Waals surface area contributed by atoms with E-state index in [4.69, 9.17) is 5.73 Å². The Morgan fingerprint density at radius 1 is 1.40 bits per heavy atom. The van der Waals surface area contributed by atoms with E-state index in [1.807, 2.05) is 0 Å². The molecule has 0 saturated carbocycles. The van der Waals surface area contributed by atoms with Crippen LogP contribution in [-0.2, 0) is 9.59 Å². The molecular formula is C7H10F4N2O2. The average molecular weight is 230 g/mol. The molecule has 0 aromatic heterocycles. The van der Waals surface area contributed by atoms with Crippen molar-refractivity contribution in [3.63, 3.8) is 0 Å². The number of amides is 2. The summed E-state index contributed by atoms with van der Waals surface area (Å²) in [6.07, 6.45) is -4.48. The maximum atomic E-state index is 12.4. The number of hydrogen-bond donors (Lipinski definition) is 2. The third-order valence-electron chi connectivity index (χ3n) is 1.46. The predicted molar refractivity (Wildman–Crippen MR) is 42.4 cm³/mol. The molecule has 0 rings (SSSR count). The monoisotopic (exact) mass is 230 g/mol. The standard InChI is InChI=1S/C7H10F4N2O2/c1-3(2-4(12)14)13-6(15)7(10,11)5(8)9/h3,5H,2H2,1H3,(H2,12,14)(H,13,15). The number of halogens is 4. The molecule has 0 saturated heterocycles. The van der Waals surface area contributed by atoms with Gasteiger partial charge in [0.15, 0.2) is 0 Å². The van der Waals surface area contributed by atoms with Crippen LogP contribution in [-0.4, -0.2) is 30.2 Å². The van der Waals surface area contributed by atoms with Crippen LogP contribution in [0.1, 0.15) is 13.3 Å². The highest BCUT2D eigenvalue weighted by Crippen LogP contribution is 2.22. The van der Waals surface area contributed by atoms with Crippen molar-refractivity contribution < 1.29 is 27.2 Å². The minimum Gasteiger partial charge on any atom is -0.370 e. The molecule has 1 unspecified atom stereocenters. The Morgan fingerprint density at radius 3 is 2.20 bits per heavy atom. The molecule has 0 aromatic rings. The van der Waals surface area contributed by atoms with Gasteiger partial charge >= 0.3 is 12.3 Å². The van der Waals surface area contributed by atoms with E-state index >= 15 is 0 Å².